The van der Waals surface area contributed by atoms with E-state index in [1.165, 1.54) is 0 Å². The van der Waals surface area contributed by atoms with Gasteiger partial charge in [0.1, 0.15) is 12.2 Å². The standard InChI is InChI=1S/C19H26O6/c1-6-19(5)7-13(24-17(22)11(3)9-21)14-12(4)18(23)25-16(14)15(19)10(2)8-20/h6,11,13-16,20-21H,1-2,4,7-9H2,3,5H3/t11-,13-,14+,15+,16-,19+/m0/s1. The molecule has 0 bridgehead atoms. The maximum atomic E-state index is 12.2. The van der Waals surface area contributed by atoms with E-state index in [-0.39, 0.29) is 24.7 Å². The Kier molecular flexibility index (Phi) is 5.54. The third kappa shape index (κ3) is 3.28. The number of ether oxygens (including phenoxy) is 2. The number of allylic oxidation sites excluding steroid dienone is 1. The van der Waals surface area contributed by atoms with Crippen molar-refractivity contribution in [2.75, 3.05) is 13.2 Å². The number of hydrogen-bond acceptors (Lipinski definition) is 6. The van der Waals surface area contributed by atoms with E-state index in [0.717, 1.165) is 0 Å². The molecule has 0 spiro atoms. The SMILES string of the molecule is C=C[C@]1(C)C[C@H](OC(=O)[C@@H](C)CO)[C@H]2C(=C)C(=O)O[C@@H]2[C@H]1C(=C)CO. The van der Waals surface area contributed by atoms with Gasteiger partial charge in [0.2, 0.25) is 0 Å². The fourth-order valence-corrected chi connectivity index (χ4v) is 3.84. The summed E-state index contributed by atoms with van der Waals surface area (Å²) in [4.78, 5) is 24.3. The molecule has 1 saturated carbocycles. The van der Waals surface area contributed by atoms with E-state index in [4.69, 9.17) is 14.6 Å². The summed E-state index contributed by atoms with van der Waals surface area (Å²) in [6.45, 7) is 14.5. The third-order valence-corrected chi connectivity index (χ3v) is 5.40. The molecule has 6 heteroatoms. The van der Waals surface area contributed by atoms with Gasteiger partial charge in [0.15, 0.2) is 0 Å². The highest BCUT2D eigenvalue weighted by Gasteiger charge is 2.58. The Morgan fingerprint density at radius 3 is 2.68 bits per heavy atom. The number of carbonyl (C=O) groups excluding carboxylic acids is 2. The van der Waals surface area contributed by atoms with Crippen molar-refractivity contribution in [3.63, 3.8) is 0 Å². The lowest BCUT2D eigenvalue weighted by Gasteiger charge is -2.48. The fraction of sp³-hybridized carbons (Fsp3) is 0.579. The summed E-state index contributed by atoms with van der Waals surface area (Å²) in [5.74, 6) is -2.60. The summed E-state index contributed by atoms with van der Waals surface area (Å²) in [6.07, 6.45) is 0.857. The minimum atomic E-state index is -0.662. The lowest BCUT2D eigenvalue weighted by molar-refractivity contribution is -0.167. The summed E-state index contributed by atoms with van der Waals surface area (Å²) < 4.78 is 11.1. The van der Waals surface area contributed by atoms with Gasteiger partial charge in [-0.25, -0.2) is 4.79 Å². The molecule has 25 heavy (non-hydrogen) atoms. The number of fused-ring (bicyclic) bond motifs is 1. The van der Waals surface area contributed by atoms with Crippen LogP contribution < -0.4 is 0 Å². The molecule has 0 amide bonds. The first-order valence-electron chi connectivity index (χ1n) is 8.33. The minimum absolute atomic E-state index is 0.243. The Bertz CT molecular complexity index is 609. The van der Waals surface area contributed by atoms with E-state index < -0.39 is 41.4 Å². The van der Waals surface area contributed by atoms with E-state index in [2.05, 4.69) is 19.7 Å². The molecule has 1 saturated heterocycles. The van der Waals surface area contributed by atoms with Crippen LogP contribution >= 0.6 is 0 Å². The van der Waals surface area contributed by atoms with Crippen molar-refractivity contribution in [2.24, 2.45) is 23.2 Å². The highest BCUT2D eigenvalue weighted by atomic mass is 16.6. The highest BCUT2D eigenvalue weighted by molar-refractivity contribution is 5.91. The molecule has 0 aromatic carbocycles. The van der Waals surface area contributed by atoms with E-state index in [1.54, 1.807) is 13.0 Å². The lowest BCUT2D eigenvalue weighted by Crippen LogP contribution is -2.52. The predicted molar refractivity (Wildman–Crippen MR) is 91.3 cm³/mol. The van der Waals surface area contributed by atoms with Crippen LogP contribution in [-0.2, 0) is 19.1 Å². The van der Waals surface area contributed by atoms with Crippen LogP contribution in [0.15, 0.2) is 37.0 Å². The second-order valence-electron chi connectivity index (χ2n) is 7.19. The molecule has 0 radical (unpaired) electrons. The second kappa shape index (κ2) is 7.14. The van der Waals surface area contributed by atoms with Gasteiger partial charge in [0, 0.05) is 11.5 Å². The van der Waals surface area contributed by atoms with Gasteiger partial charge < -0.3 is 19.7 Å². The molecule has 1 aliphatic carbocycles. The summed E-state index contributed by atoms with van der Waals surface area (Å²) in [6, 6.07) is 0. The molecule has 0 unspecified atom stereocenters. The molecule has 138 valence electrons. The van der Waals surface area contributed by atoms with Crippen molar-refractivity contribution < 1.29 is 29.3 Å². The first-order chi connectivity index (χ1) is 11.7. The number of rotatable bonds is 6. The Morgan fingerprint density at radius 1 is 1.52 bits per heavy atom. The van der Waals surface area contributed by atoms with Crippen molar-refractivity contribution in [1.82, 2.24) is 0 Å². The van der Waals surface area contributed by atoms with Crippen LogP contribution in [0.4, 0.5) is 0 Å². The fourth-order valence-electron chi connectivity index (χ4n) is 3.84. The zero-order chi connectivity index (χ0) is 18.9. The van der Waals surface area contributed by atoms with Crippen LogP contribution in [0.3, 0.4) is 0 Å². The Balaban J connectivity index is 2.41. The van der Waals surface area contributed by atoms with Crippen molar-refractivity contribution in [3.05, 3.63) is 37.0 Å². The largest absolute Gasteiger partial charge is 0.461 e. The number of aliphatic hydroxyl groups excluding tert-OH is 2. The maximum Gasteiger partial charge on any atom is 0.334 e. The molecule has 0 aromatic rings. The van der Waals surface area contributed by atoms with Gasteiger partial charge in [-0.2, -0.15) is 0 Å². The number of aliphatic hydroxyl groups is 2. The monoisotopic (exact) mass is 350 g/mol. The average molecular weight is 350 g/mol. The van der Waals surface area contributed by atoms with Gasteiger partial charge >= 0.3 is 11.9 Å². The smallest absolute Gasteiger partial charge is 0.334 e. The molecule has 2 aliphatic rings. The summed E-state index contributed by atoms with van der Waals surface area (Å²) in [5, 5.41) is 18.7. The normalized spacial score (nSPS) is 35.5. The zero-order valence-electron chi connectivity index (χ0n) is 14.7. The van der Waals surface area contributed by atoms with Crippen LogP contribution in [0.1, 0.15) is 20.3 Å². The third-order valence-electron chi connectivity index (χ3n) is 5.40. The Hall–Kier alpha value is -1.92. The van der Waals surface area contributed by atoms with E-state index >= 15 is 0 Å². The van der Waals surface area contributed by atoms with Gasteiger partial charge in [-0.15, -0.1) is 6.58 Å². The number of carbonyl (C=O) groups is 2. The van der Waals surface area contributed by atoms with E-state index in [1.807, 2.05) is 6.92 Å². The van der Waals surface area contributed by atoms with Crippen molar-refractivity contribution >= 4 is 11.9 Å². The molecule has 1 aliphatic heterocycles. The molecule has 2 N–H and O–H groups in total. The first-order valence-corrected chi connectivity index (χ1v) is 8.33. The van der Waals surface area contributed by atoms with Gasteiger partial charge in [-0.1, -0.05) is 26.2 Å². The van der Waals surface area contributed by atoms with Gasteiger partial charge in [0.25, 0.3) is 0 Å². The average Bonchev–Trinajstić information content (AvgIpc) is 2.88. The molecule has 2 fully saturated rings. The van der Waals surface area contributed by atoms with Gasteiger partial charge in [-0.3, -0.25) is 4.79 Å². The number of esters is 2. The zero-order valence-corrected chi connectivity index (χ0v) is 14.7. The maximum absolute atomic E-state index is 12.2. The van der Waals surface area contributed by atoms with Crippen LogP contribution in [-0.4, -0.2) is 47.6 Å². The molecule has 0 aromatic heterocycles. The molecular formula is C19H26O6. The van der Waals surface area contributed by atoms with Gasteiger partial charge in [0.05, 0.1) is 25.0 Å². The van der Waals surface area contributed by atoms with Crippen LogP contribution in [0.2, 0.25) is 0 Å². The van der Waals surface area contributed by atoms with Crippen LogP contribution in [0, 0.1) is 23.2 Å². The topological polar surface area (TPSA) is 93.1 Å². The molecule has 6 atom stereocenters. The van der Waals surface area contributed by atoms with Crippen LogP contribution in [0.25, 0.3) is 0 Å². The molecule has 2 rings (SSSR count). The predicted octanol–water partition coefficient (Wildman–Crippen LogP) is 1.39. The Morgan fingerprint density at radius 2 is 2.16 bits per heavy atom. The number of hydrogen-bond donors (Lipinski definition) is 2. The Labute approximate surface area is 147 Å². The second-order valence-corrected chi connectivity index (χ2v) is 7.19. The van der Waals surface area contributed by atoms with Crippen molar-refractivity contribution in [3.8, 4) is 0 Å². The van der Waals surface area contributed by atoms with Crippen molar-refractivity contribution in [1.29, 1.82) is 0 Å². The summed E-state index contributed by atoms with van der Waals surface area (Å²) in [7, 11) is 0. The minimum Gasteiger partial charge on any atom is -0.461 e. The van der Waals surface area contributed by atoms with E-state index in [0.29, 0.717) is 12.0 Å². The molecule has 6 nitrogen and oxygen atoms in total. The summed E-state index contributed by atoms with van der Waals surface area (Å²) in [5.41, 5.74) is 0.203. The quantitative estimate of drug-likeness (QED) is 0.427. The van der Waals surface area contributed by atoms with Gasteiger partial charge in [-0.05, 0) is 24.3 Å². The molecule has 1 heterocycles. The first kappa shape index (κ1) is 19.4. The van der Waals surface area contributed by atoms with Crippen LogP contribution in [0.5, 0.6) is 0 Å². The van der Waals surface area contributed by atoms with E-state index in [9.17, 15) is 14.7 Å². The summed E-state index contributed by atoms with van der Waals surface area (Å²) >= 11 is 0. The highest BCUT2D eigenvalue weighted by Crippen LogP contribution is 2.53. The van der Waals surface area contributed by atoms with Crippen molar-refractivity contribution in [2.45, 2.75) is 32.5 Å². The molecular weight excluding hydrogens is 324 g/mol. The lowest BCUT2D eigenvalue weighted by atomic mass is 9.59.